The van der Waals surface area contributed by atoms with Gasteiger partial charge < -0.3 is 24.4 Å². The van der Waals surface area contributed by atoms with Crippen molar-refractivity contribution in [2.24, 2.45) is 4.99 Å². The minimum absolute atomic E-state index is 0.356. The summed E-state index contributed by atoms with van der Waals surface area (Å²) >= 11 is 0. The summed E-state index contributed by atoms with van der Waals surface area (Å²) in [7, 11) is 5.29. The third-order valence-electron chi connectivity index (χ3n) is 4.58. The molecule has 1 N–H and O–H groups in total. The molecule has 0 aliphatic carbocycles. The molecule has 0 spiro atoms. The first-order valence-electron chi connectivity index (χ1n) is 9.39. The van der Waals surface area contributed by atoms with Gasteiger partial charge in [-0.25, -0.2) is 0 Å². The Kier molecular flexibility index (Phi) is 9.45. The van der Waals surface area contributed by atoms with Gasteiger partial charge in [-0.1, -0.05) is 24.3 Å². The maximum absolute atomic E-state index is 5.93. The third kappa shape index (κ3) is 6.94. The number of nitrogens with zero attached hydrogens (tertiary/aromatic N) is 2. The van der Waals surface area contributed by atoms with Crippen LogP contribution in [0, 0.1) is 0 Å². The highest BCUT2D eigenvalue weighted by atomic mass is 16.5. The topological polar surface area (TPSA) is 55.3 Å². The van der Waals surface area contributed by atoms with Crippen LogP contribution in [-0.4, -0.2) is 64.5 Å². The molecule has 1 heterocycles. The largest absolute Gasteiger partial charge is 0.385 e. The first-order chi connectivity index (χ1) is 12.8. The molecule has 0 unspecified atom stereocenters. The lowest BCUT2D eigenvalue weighted by Crippen LogP contribution is -2.46. The maximum atomic E-state index is 5.93. The highest BCUT2D eigenvalue weighted by Crippen LogP contribution is 2.14. The summed E-state index contributed by atoms with van der Waals surface area (Å²) in [5.74, 6) is 0.962. The highest BCUT2D eigenvalue weighted by molar-refractivity contribution is 5.79. The number of nitrogens with one attached hydrogen (secondary N) is 1. The number of aliphatic imine (C=N–C) groups is 1. The molecule has 0 bridgehead atoms. The molecule has 26 heavy (non-hydrogen) atoms. The van der Waals surface area contributed by atoms with Crippen LogP contribution >= 0.6 is 0 Å². The van der Waals surface area contributed by atoms with Gasteiger partial charge in [0.2, 0.25) is 0 Å². The van der Waals surface area contributed by atoms with Gasteiger partial charge in [0.05, 0.1) is 12.7 Å². The van der Waals surface area contributed by atoms with Crippen LogP contribution in [0.4, 0.5) is 0 Å². The molecule has 1 aliphatic heterocycles. The monoisotopic (exact) mass is 363 g/mol. The first-order valence-corrected chi connectivity index (χ1v) is 9.39. The van der Waals surface area contributed by atoms with E-state index in [1.807, 2.05) is 7.05 Å². The van der Waals surface area contributed by atoms with Gasteiger partial charge in [-0.05, 0) is 30.4 Å². The summed E-state index contributed by atoms with van der Waals surface area (Å²) in [6, 6.07) is 8.48. The van der Waals surface area contributed by atoms with Crippen molar-refractivity contribution in [2.45, 2.75) is 38.5 Å². The Morgan fingerprint density at radius 3 is 2.38 bits per heavy atom. The molecule has 1 aliphatic rings. The lowest BCUT2D eigenvalue weighted by Gasteiger charge is -2.34. The Balaban J connectivity index is 1.72. The fourth-order valence-electron chi connectivity index (χ4n) is 3.12. The lowest BCUT2D eigenvalue weighted by molar-refractivity contribution is 0.00989. The van der Waals surface area contributed by atoms with E-state index in [-0.39, 0.29) is 0 Å². The Morgan fingerprint density at radius 1 is 1.08 bits per heavy atom. The van der Waals surface area contributed by atoms with Crippen LogP contribution in [0.25, 0.3) is 0 Å². The number of hydrogen-bond donors (Lipinski definition) is 1. The number of ether oxygens (including phenoxy) is 3. The molecular formula is C20H33N3O3. The van der Waals surface area contributed by atoms with E-state index in [9.17, 15) is 0 Å². The van der Waals surface area contributed by atoms with Crippen molar-refractivity contribution in [3.8, 4) is 0 Å². The summed E-state index contributed by atoms with van der Waals surface area (Å²) in [5.41, 5.74) is 2.43. The number of likely N-dealkylation sites (tertiary alicyclic amines) is 1. The number of piperidine rings is 1. The Labute approximate surface area is 157 Å². The molecule has 6 nitrogen and oxygen atoms in total. The molecule has 6 heteroatoms. The summed E-state index contributed by atoms with van der Waals surface area (Å²) in [5, 5.41) is 3.47. The van der Waals surface area contributed by atoms with Crippen molar-refractivity contribution in [2.75, 3.05) is 47.6 Å². The average Bonchev–Trinajstić information content (AvgIpc) is 2.68. The standard InChI is InChI=1S/C20H33N3O3/c1-21-20(22-15-17-5-7-18(8-6-17)16-25-3)23-11-9-19(10-12-23)26-14-4-13-24-2/h5-8,19H,4,9-16H2,1-3H3,(H,21,22). The van der Waals surface area contributed by atoms with Gasteiger partial charge >= 0.3 is 0 Å². The normalized spacial score (nSPS) is 16.1. The molecule has 0 amide bonds. The molecule has 2 rings (SSSR count). The predicted octanol–water partition coefficient (Wildman–Crippen LogP) is 2.43. The zero-order chi connectivity index (χ0) is 18.6. The Hall–Kier alpha value is -1.63. The quantitative estimate of drug-likeness (QED) is 0.415. The van der Waals surface area contributed by atoms with Crippen molar-refractivity contribution in [3.05, 3.63) is 35.4 Å². The van der Waals surface area contributed by atoms with Crippen molar-refractivity contribution < 1.29 is 14.2 Å². The van der Waals surface area contributed by atoms with E-state index in [1.165, 1.54) is 11.1 Å². The van der Waals surface area contributed by atoms with Crippen molar-refractivity contribution >= 4 is 5.96 Å². The van der Waals surface area contributed by atoms with Crippen molar-refractivity contribution in [1.82, 2.24) is 10.2 Å². The molecule has 1 aromatic carbocycles. The van der Waals surface area contributed by atoms with Gasteiger partial charge in [0.1, 0.15) is 0 Å². The second-order valence-corrected chi connectivity index (χ2v) is 6.55. The van der Waals surface area contributed by atoms with Crippen LogP contribution in [0.2, 0.25) is 0 Å². The Bertz CT molecular complexity index is 526. The summed E-state index contributed by atoms with van der Waals surface area (Å²) < 4.78 is 16.1. The van der Waals surface area contributed by atoms with Crippen molar-refractivity contribution in [3.63, 3.8) is 0 Å². The second kappa shape index (κ2) is 11.9. The first kappa shape index (κ1) is 20.7. The van der Waals surface area contributed by atoms with E-state index in [0.29, 0.717) is 12.7 Å². The number of methoxy groups -OCH3 is 2. The van der Waals surface area contributed by atoms with E-state index < -0.39 is 0 Å². The molecule has 1 saturated heterocycles. The molecule has 0 saturated carbocycles. The second-order valence-electron chi connectivity index (χ2n) is 6.55. The van der Waals surface area contributed by atoms with Gasteiger partial charge in [0.25, 0.3) is 0 Å². The van der Waals surface area contributed by atoms with E-state index in [4.69, 9.17) is 14.2 Å². The van der Waals surface area contributed by atoms with Crippen LogP contribution < -0.4 is 5.32 Å². The molecule has 1 fully saturated rings. The van der Waals surface area contributed by atoms with Crippen LogP contribution in [0.5, 0.6) is 0 Å². The van der Waals surface area contributed by atoms with Crippen LogP contribution in [0.1, 0.15) is 30.4 Å². The molecule has 146 valence electrons. The summed E-state index contributed by atoms with van der Waals surface area (Å²) in [4.78, 5) is 6.75. The number of rotatable bonds is 9. The SMILES string of the molecule is CN=C(NCc1ccc(COC)cc1)N1CCC(OCCCOC)CC1. The summed E-state index contributed by atoms with van der Waals surface area (Å²) in [6.07, 6.45) is 3.40. The fraction of sp³-hybridized carbons (Fsp3) is 0.650. The molecular weight excluding hydrogens is 330 g/mol. The number of hydrogen-bond acceptors (Lipinski definition) is 4. The van der Waals surface area contributed by atoms with E-state index in [1.54, 1.807) is 14.2 Å². The number of benzene rings is 1. The maximum Gasteiger partial charge on any atom is 0.193 e. The Morgan fingerprint density at radius 2 is 1.77 bits per heavy atom. The predicted molar refractivity (Wildman–Crippen MR) is 104 cm³/mol. The van der Waals surface area contributed by atoms with Gasteiger partial charge in [0.15, 0.2) is 5.96 Å². The van der Waals surface area contributed by atoms with Crippen LogP contribution in [0.15, 0.2) is 29.3 Å². The fourth-order valence-corrected chi connectivity index (χ4v) is 3.12. The van der Waals surface area contributed by atoms with Crippen LogP contribution in [0.3, 0.4) is 0 Å². The van der Waals surface area contributed by atoms with E-state index in [0.717, 1.165) is 58.1 Å². The molecule has 0 atom stereocenters. The van der Waals surface area contributed by atoms with Gasteiger partial charge in [-0.3, -0.25) is 4.99 Å². The number of guanidine groups is 1. The minimum atomic E-state index is 0.356. The molecule has 0 aromatic heterocycles. The highest BCUT2D eigenvalue weighted by Gasteiger charge is 2.21. The van der Waals surface area contributed by atoms with Crippen LogP contribution in [-0.2, 0) is 27.4 Å². The van der Waals surface area contributed by atoms with Crippen molar-refractivity contribution in [1.29, 1.82) is 0 Å². The average molecular weight is 364 g/mol. The third-order valence-corrected chi connectivity index (χ3v) is 4.58. The van der Waals surface area contributed by atoms with Gasteiger partial charge in [0, 0.05) is 54.1 Å². The zero-order valence-corrected chi connectivity index (χ0v) is 16.4. The molecule has 0 radical (unpaired) electrons. The lowest BCUT2D eigenvalue weighted by atomic mass is 10.1. The van der Waals surface area contributed by atoms with Gasteiger partial charge in [-0.2, -0.15) is 0 Å². The summed E-state index contributed by atoms with van der Waals surface area (Å²) in [6.45, 7) is 4.92. The van der Waals surface area contributed by atoms with Gasteiger partial charge in [-0.15, -0.1) is 0 Å². The minimum Gasteiger partial charge on any atom is -0.385 e. The molecule has 1 aromatic rings. The smallest absolute Gasteiger partial charge is 0.193 e. The van der Waals surface area contributed by atoms with E-state index in [2.05, 4.69) is 39.5 Å². The van der Waals surface area contributed by atoms with E-state index >= 15 is 0 Å². The zero-order valence-electron chi connectivity index (χ0n) is 16.4.